The van der Waals surface area contributed by atoms with Gasteiger partial charge in [-0.15, -0.1) is 0 Å². The van der Waals surface area contributed by atoms with Crippen LogP contribution in [-0.2, 0) is 16.0 Å². The second kappa shape index (κ2) is 10.1. The Kier molecular flexibility index (Phi) is 6.85. The van der Waals surface area contributed by atoms with Gasteiger partial charge in [0.2, 0.25) is 5.56 Å². The van der Waals surface area contributed by atoms with Gasteiger partial charge in [-0.1, -0.05) is 29.8 Å². The number of carbonyl (C=O) groups is 2. The first-order valence-corrected chi connectivity index (χ1v) is 10.6. The Morgan fingerprint density at radius 1 is 1.18 bits per heavy atom. The third-order valence-corrected chi connectivity index (χ3v) is 5.34. The summed E-state index contributed by atoms with van der Waals surface area (Å²) in [5, 5.41) is 4.01. The fourth-order valence-electron chi connectivity index (χ4n) is 3.46. The van der Waals surface area contributed by atoms with E-state index in [1.807, 2.05) is 24.3 Å². The number of fused-ring (bicyclic) bond motifs is 1. The number of benzene rings is 2. The first-order chi connectivity index (χ1) is 16.0. The monoisotopic (exact) mass is 464 g/mol. The van der Waals surface area contributed by atoms with Gasteiger partial charge in [0.1, 0.15) is 6.04 Å². The predicted octanol–water partition coefficient (Wildman–Crippen LogP) is 2.88. The third-order valence-electron chi connectivity index (χ3n) is 5.09. The minimum Gasteiger partial charge on any atom is -0.443 e. The number of hydrogen-bond donors (Lipinski definition) is 2. The van der Waals surface area contributed by atoms with Crippen molar-refractivity contribution in [3.63, 3.8) is 0 Å². The fraction of sp³-hybridized carbons (Fsp3) is 0.167. The lowest BCUT2D eigenvalue weighted by molar-refractivity contribution is -0.148. The second-order valence-electron chi connectivity index (χ2n) is 7.45. The van der Waals surface area contributed by atoms with Crippen LogP contribution < -0.4 is 10.9 Å². The van der Waals surface area contributed by atoms with E-state index in [4.69, 9.17) is 16.3 Å². The molecular formula is C24H21ClN4O4. The molecular weight excluding hydrogens is 444 g/mol. The standard InChI is InChI=1S/C24H21ClN4O4/c25-18-8-6-16(7-9-18)23(31)28-21(24(32)33-15-29-11-3-10-26-14-29)12-17-13-22(30)27-20-5-2-1-4-19(17)20/h1-10,13-14,21H,11-12,15H2,(H,27,30)(H,28,31). The summed E-state index contributed by atoms with van der Waals surface area (Å²) in [6.07, 6.45) is 5.14. The number of nitrogens with zero attached hydrogens (tertiary/aromatic N) is 2. The van der Waals surface area contributed by atoms with Crippen molar-refractivity contribution < 1.29 is 14.3 Å². The number of pyridine rings is 1. The van der Waals surface area contributed by atoms with Crippen LogP contribution in [0.15, 0.2) is 76.7 Å². The Morgan fingerprint density at radius 2 is 1.97 bits per heavy atom. The zero-order chi connectivity index (χ0) is 23.2. The minimum atomic E-state index is -1.02. The number of aromatic nitrogens is 1. The minimum absolute atomic E-state index is 0.0177. The average Bonchev–Trinajstić information content (AvgIpc) is 2.83. The predicted molar refractivity (Wildman–Crippen MR) is 126 cm³/mol. The van der Waals surface area contributed by atoms with Gasteiger partial charge in [-0.25, -0.2) is 9.79 Å². The molecule has 0 bridgehead atoms. The SMILES string of the molecule is O=C(NC(Cc1cc(=O)[nH]c2ccccc12)C(=O)OCN1C=NC=CC1)c1ccc(Cl)cc1. The Labute approximate surface area is 194 Å². The van der Waals surface area contributed by atoms with E-state index in [1.165, 1.54) is 6.07 Å². The zero-order valence-electron chi connectivity index (χ0n) is 17.5. The van der Waals surface area contributed by atoms with E-state index in [1.54, 1.807) is 47.8 Å². The molecule has 8 nitrogen and oxygen atoms in total. The number of para-hydroxylation sites is 1. The zero-order valence-corrected chi connectivity index (χ0v) is 18.3. The molecule has 0 saturated carbocycles. The number of ether oxygens (including phenoxy) is 1. The number of rotatable bonds is 7. The molecule has 33 heavy (non-hydrogen) atoms. The normalized spacial score (nSPS) is 13.7. The third kappa shape index (κ3) is 5.67. The van der Waals surface area contributed by atoms with Gasteiger partial charge in [0.15, 0.2) is 6.73 Å². The van der Waals surface area contributed by atoms with Crippen molar-refractivity contribution >= 4 is 40.7 Å². The number of halogens is 1. The molecule has 1 atom stereocenters. The van der Waals surface area contributed by atoms with Gasteiger partial charge in [0.05, 0.1) is 6.34 Å². The number of amides is 1. The van der Waals surface area contributed by atoms with Crippen LogP contribution in [0.1, 0.15) is 15.9 Å². The molecule has 2 N–H and O–H groups in total. The average molecular weight is 465 g/mol. The highest BCUT2D eigenvalue weighted by Gasteiger charge is 2.25. The lowest BCUT2D eigenvalue weighted by atomic mass is 10.0. The van der Waals surface area contributed by atoms with E-state index in [9.17, 15) is 14.4 Å². The molecule has 9 heteroatoms. The summed E-state index contributed by atoms with van der Waals surface area (Å²) >= 11 is 5.91. The number of nitrogens with one attached hydrogen (secondary N) is 2. The Balaban J connectivity index is 1.58. The van der Waals surface area contributed by atoms with Crippen molar-refractivity contribution in [3.8, 4) is 0 Å². The van der Waals surface area contributed by atoms with Gasteiger partial charge in [-0.05, 0) is 42.0 Å². The molecule has 2 heterocycles. The maximum atomic E-state index is 13.0. The molecule has 2 aromatic carbocycles. The topological polar surface area (TPSA) is 104 Å². The summed E-state index contributed by atoms with van der Waals surface area (Å²) in [5.74, 6) is -1.07. The van der Waals surface area contributed by atoms with Crippen LogP contribution in [-0.4, -0.2) is 47.4 Å². The number of aromatic amines is 1. The maximum Gasteiger partial charge on any atom is 0.330 e. The van der Waals surface area contributed by atoms with Gasteiger partial charge < -0.3 is 19.9 Å². The lowest BCUT2D eigenvalue weighted by Gasteiger charge is -2.22. The first kappa shape index (κ1) is 22.3. The second-order valence-corrected chi connectivity index (χ2v) is 7.89. The summed E-state index contributed by atoms with van der Waals surface area (Å²) in [7, 11) is 0. The summed E-state index contributed by atoms with van der Waals surface area (Å²) < 4.78 is 5.45. The van der Waals surface area contributed by atoms with Crippen LogP contribution in [0.2, 0.25) is 5.02 Å². The Morgan fingerprint density at radius 3 is 2.73 bits per heavy atom. The van der Waals surface area contributed by atoms with Crippen LogP contribution in [0, 0.1) is 0 Å². The number of carbonyl (C=O) groups excluding carboxylic acids is 2. The van der Waals surface area contributed by atoms with Crippen molar-refractivity contribution in [3.05, 3.63) is 93.4 Å². The summed E-state index contributed by atoms with van der Waals surface area (Å²) in [5.41, 5.74) is 1.32. The molecule has 0 aliphatic carbocycles. The molecule has 0 radical (unpaired) electrons. The molecule has 0 spiro atoms. The molecule has 0 fully saturated rings. The fourth-order valence-corrected chi connectivity index (χ4v) is 3.58. The molecule has 1 unspecified atom stereocenters. The van der Waals surface area contributed by atoms with Gasteiger partial charge in [0, 0.05) is 46.7 Å². The summed E-state index contributed by atoms with van der Waals surface area (Å²) in [6, 6.07) is 14.0. The Hall–Kier alpha value is -3.91. The highest BCUT2D eigenvalue weighted by Crippen LogP contribution is 2.17. The quantitative estimate of drug-likeness (QED) is 0.523. The summed E-state index contributed by atoms with van der Waals surface area (Å²) in [6.45, 7) is 0.535. The number of H-pyrrole nitrogens is 1. The van der Waals surface area contributed by atoms with Crippen LogP contribution >= 0.6 is 11.6 Å². The van der Waals surface area contributed by atoms with Crippen molar-refractivity contribution in [1.82, 2.24) is 15.2 Å². The molecule has 1 amide bonds. The van der Waals surface area contributed by atoms with Crippen molar-refractivity contribution in [2.24, 2.45) is 4.99 Å². The van der Waals surface area contributed by atoms with Crippen LogP contribution in [0.4, 0.5) is 0 Å². The van der Waals surface area contributed by atoms with E-state index in [2.05, 4.69) is 15.3 Å². The molecule has 0 saturated heterocycles. The Bertz CT molecular complexity index is 1280. The van der Waals surface area contributed by atoms with Gasteiger partial charge in [-0.2, -0.15) is 0 Å². The highest BCUT2D eigenvalue weighted by atomic mass is 35.5. The first-order valence-electron chi connectivity index (χ1n) is 10.3. The van der Waals surface area contributed by atoms with E-state index in [-0.39, 0.29) is 18.7 Å². The van der Waals surface area contributed by atoms with Gasteiger partial charge in [-0.3, -0.25) is 9.59 Å². The van der Waals surface area contributed by atoms with E-state index in [0.717, 1.165) is 5.39 Å². The van der Waals surface area contributed by atoms with Crippen LogP contribution in [0.25, 0.3) is 10.9 Å². The van der Waals surface area contributed by atoms with Crippen molar-refractivity contribution in [2.75, 3.05) is 13.3 Å². The van der Waals surface area contributed by atoms with E-state index in [0.29, 0.717) is 28.2 Å². The van der Waals surface area contributed by atoms with Gasteiger partial charge >= 0.3 is 5.97 Å². The maximum absolute atomic E-state index is 13.0. The van der Waals surface area contributed by atoms with E-state index < -0.39 is 17.9 Å². The highest BCUT2D eigenvalue weighted by molar-refractivity contribution is 6.30. The molecule has 3 aromatic rings. The molecule has 1 aliphatic rings. The van der Waals surface area contributed by atoms with Gasteiger partial charge in [0.25, 0.3) is 5.91 Å². The number of hydrogen-bond acceptors (Lipinski definition) is 6. The smallest absolute Gasteiger partial charge is 0.330 e. The van der Waals surface area contributed by atoms with Crippen molar-refractivity contribution in [2.45, 2.75) is 12.5 Å². The lowest BCUT2D eigenvalue weighted by Crippen LogP contribution is -2.44. The van der Waals surface area contributed by atoms with E-state index >= 15 is 0 Å². The largest absolute Gasteiger partial charge is 0.443 e. The molecule has 1 aliphatic heterocycles. The molecule has 168 valence electrons. The van der Waals surface area contributed by atoms with Crippen LogP contribution in [0.3, 0.4) is 0 Å². The van der Waals surface area contributed by atoms with Crippen molar-refractivity contribution in [1.29, 1.82) is 0 Å². The number of aliphatic imine (C=N–C) groups is 1. The molecule has 1 aromatic heterocycles. The summed E-state index contributed by atoms with van der Waals surface area (Å²) in [4.78, 5) is 46.5. The molecule has 4 rings (SSSR count). The van der Waals surface area contributed by atoms with Crippen LogP contribution in [0.5, 0.6) is 0 Å². The number of esters is 1.